The third-order valence-corrected chi connectivity index (χ3v) is 5.33. The monoisotopic (exact) mass is 304 g/mol. The number of amides is 1. The van der Waals surface area contributed by atoms with Crippen LogP contribution in [0.5, 0.6) is 0 Å². The number of ether oxygens (including phenoxy) is 1. The van der Waals surface area contributed by atoms with E-state index < -0.39 is 0 Å². The molecule has 0 aromatic carbocycles. The number of carbonyl (C=O) groups is 1. The summed E-state index contributed by atoms with van der Waals surface area (Å²) < 4.78 is 5.28. The zero-order valence-electron chi connectivity index (χ0n) is 11.6. The number of piperidine rings is 2. The van der Waals surface area contributed by atoms with Gasteiger partial charge in [-0.15, -0.1) is 11.7 Å². The fourth-order valence-corrected chi connectivity index (χ4v) is 3.19. The van der Waals surface area contributed by atoms with Gasteiger partial charge in [-0.25, -0.2) is 4.79 Å². The van der Waals surface area contributed by atoms with Gasteiger partial charge >= 0.3 is 6.09 Å². The highest BCUT2D eigenvalue weighted by atomic mass is 33.1. The van der Waals surface area contributed by atoms with Gasteiger partial charge in [0.05, 0.1) is 0 Å². The predicted molar refractivity (Wildman–Crippen MR) is 82.5 cm³/mol. The number of thiol groups is 1. The lowest BCUT2D eigenvalue weighted by atomic mass is 10.0. The van der Waals surface area contributed by atoms with Crippen LogP contribution >= 0.6 is 22.5 Å². The van der Waals surface area contributed by atoms with E-state index >= 15 is 0 Å². The number of likely N-dealkylation sites (tertiary alicyclic amines) is 2. The summed E-state index contributed by atoms with van der Waals surface area (Å²) in [5.41, 5.74) is -0.185. The average Bonchev–Trinajstić information content (AvgIpc) is 2.48. The van der Waals surface area contributed by atoms with Gasteiger partial charge in [0.2, 0.25) is 0 Å². The molecule has 2 heterocycles. The molecule has 0 N–H and O–H groups in total. The molecule has 4 nitrogen and oxygen atoms in total. The molecule has 1 amide bonds. The van der Waals surface area contributed by atoms with Crippen molar-refractivity contribution >= 4 is 28.5 Å². The molecule has 0 saturated carbocycles. The molecule has 110 valence electrons. The Bertz CT molecular complexity index is 290. The summed E-state index contributed by atoms with van der Waals surface area (Å²) in [5, 5.41) is 0. The number of rotatable bonds is 3. The lowest BCUT2D eigenvalue weighted by molar-refractivity contribution is 0.0639. The van der Waals surface area contributed by atoms with Crippen LogP contribution in [0.3, 0.4) is 0 Å². The number of hydrogen-bond donors (Lipinski definition) is 1. The maximum atomic E-state index is 11.9. The van der Waals surface area contributed by atoms with Gasteiger partial charge in [0.15, 0.2) is 5.44 Å². The first-order valence-corrected chi connectivity index (χ1v) is 9.13. The van der Waals surface area contributed by atoms with Gasteiger partial charge in [-0.2, -0.15) is 0 Å². The van der Waals surface area contributed by atoms with Gasteiger partial charge in [-0.3, -0.25) is 0 Å². The second kappa shape index (κ2) is 7.64. The van der Waals surface area contributed by atoms with Gasteiger partial charge in [-0.1, -0.05) is 17.2 Å². The first-order valence-electron chi connectivity index (χ1n) is 7.20. The van der Waals surface area contributed by atoms with Gasteiger partial charge in [0.1, 0.15) is 0 Å². The Morgan fingerprint density at radius 2 is 1.84 bits per heavy atom. The maximum Gasteiger partial charge on any atom is 0.410 e. The molecule has 0 spiro atoms. The van der Waals surface area contributed by atoms with Crippen LogP contribution in [0.15, 0.2) is 0 Å². The van der Waals surface area contributed by atoms with Crippen LogP contribution < -0.4 is 0 Å². The van der Waals surface area contributed by atoms with Crippen LogP contribution in [0.25, 0.3) is 0 Å². The lowest BCUT2D eigenvalue weighted by Gasteiger charge is -2.39. The largest absolute Gasteiger partial charge is 0.434 e. The van der Waals surface area contributed by atoms with Crippen molar-refractivity contribution in [3.8, 4) is 0 Å². The van der Waals surface area contributed by atoms with Gasteiger partial charge < -0.3 is 14.5 Å². The molecular formula is C13H24N2O2S2. The molecule has 0 radical (unpaired) electrons. The molecule has 2 aliphatic heterocycles. The normalized spacial score (nSPS) is 24.2. The first-order chi connectivity index (χ1) is 9.20. The number of carbonyl (C=O) groups excluding carboxylic acids is 1. The average molecular weight is 304 g/mol. The topological polar surface area (TPSA) is 32.8 Å². The van der Waals surface area contributed by atoms with Crippen molar-refractivity contribution in [3.05, 3.63) is 0 Å². The predicted octanol–water partition coefficient (Wildman–Crippen LogP) is 3.00. The maximum absolute atomic E-state index is 11.9. The van der Waals surface area contributed by atoms with E-state index in [0.717, 1.165) is 25.9 Å². The zero-order chi connectivity index (χ0) is 13.7. The molecule has 2 aliphatic rings. The molecular weight excluding hydrogens is 280 g/mol. The first kappa shape index (κ1) is 15.3. The fraction of sp³-hybridized carbons (Fsp3) is 0.923. The Hall–Kier alpha value is -0.0700. The van der Waals surface area contributed by atoms with E-state index in [1.165, 1.54) is 43.1 Å². The Morgan fingerprint density at radius 1 is 1.21 bits per heavy atom. The number of hydrogen-bond acceptors (Lipinski definition) is 5. The Kier molecular flexibility index (Phi) is 6.16. The highest BCUT2D eigenvalue weighted by Crippen LogP contribution is 2.22. The Balaban J connectivity index is 1.73. The van der Waals surface area contributed by atoms with E-state index in [-0.39, 0.29) is 11.5 Å². The molecule has 0 aliphatic carbocycles. The molecule has 1 unspecified atom stereocenters. The highest BCUT2D eigenvalue weighted by Gasteiger charge is 2.28. The van der Waals surface area contributed by atoms with Gasteiger partial charge in [0.25, 0.3) is 0 Å². The van der Waals surface area contributed by atoms with E-state index in [1.54, 1.807) is 0 Å². The molecule has 2 rings (SSSR count). The Labute approximate surface area is 125 Å². The molecule has 19 heavy (non-hydrogen) atoms. The second-order valence-corrected chi connectivity index (χ2v) is 6.88. The van der Waals surface area contributed by atoms with Crippen molar-refractivity contribution in [2.45, 2.75) is 50.5 Å². The molecule has 0 aromatic heterocycles. The smallest absolute Gasteiger partial charge is 0.410 e. The summed E-state index contributed by atoms with van der Waals surface area (Å²) in [6.45, 7) is 5.97. The minimum absolute atomic E-state index is 0.185. The molecule has 2 saturated heterocycles. The lowest BCUT2D eigenvalue weighted by Crippen LogP contribution is -2.48. The van der Waals surface area contributed by atoms with Gasteiger partial charge in [0, 0.05) is 19.1 Å². The summed E-state index contributed by atoms with van der Waals surface area (Å²) in [6, 6.07) is 0.668. The molecule has 0 bridgehead atoms. The van der Waals surface area contributed by atoms with Crippen molar-refractivity contribution in [1.29, 1.82) is 0 Å². The van der Waals surface area contributed by atoms with Crippen LogP contribution in [0.4, 0.5) is 4.79 Å². The van der Waals surface area contributed by atoms with Crippen LogP contribution in [0.1, 0.15) is 39.0 Å². The Morgan fingerprint density at radius 3 is 2.42 bits per heavy atom. The van der Waals surface area contributed by atoms with Crippen LogP contribution in [-0.2, 0) is 4.74 Å². The third kappa shape index (κ3) is 4.46. The van der Waals surface area contributed by atoms with Crippen LogP contribution in [0.2, 0.25) is 0 Å². The summed E-state index contributed by atoms with van der Waals surface area (Å²) in [6.07, 6.45) is 6.01. The molecule has 2 fully saturated rings. The standard InChI is InChI=1S/C13H24N2O2S2/c1-11(19-18)17-13(16)15-9-5-12(6-10-15)14-7-3-2-4-8-14/h11-12,18H,2-10H2,1H3. The fourth-order valence-electron chi connectivity index (χ4n) is 2.94. The highest BCUT2D eigenvalue weighted by molar-refractivity contribution is 8.68. The van der Waals surface area contributed by atoms with Crippen LogP contribution in [-0.4, -0.2) is 53.5 Å². The summed E-state index contributed by atoms with van der Waals surface area (Å²) in [7, 11) is 1.26. The molecule has 0 aromatic rings. The second-order valence-electron chi connectivity index (χ2n) is 5.37. The van der Waals surface area contributed by atoms with E-state index in [1.807, 2.05) is 11.8 Å². The summed E-state index contributed by atoms with van der Waals surface area (Å²) in [5.74, 6) is 0. The summed E-state index contributed by atoms with van der Waals surface area (Å²) >= 11 is 4.05. The minimum Gasteiger partial charge on any atom is -0.434 e. The van der Waals surface area contributed by atoms with E-state index in [9.17, 15) is 4.79 Å². The van der Waals surface area contributed by atoms with Crippen molar-refractivity contribution in [3.63, 3.8) is 0 Å². The molecule has 1 atom stereocenters. The van der Waals surface area contributed by atoms with Crippen LogP contribution in [0, 0.1) is 0 Å². The van der Waals surface area contributed by atoms with Crippen molar-refractivity contribution in [1.82, 2.24) is 9.80 Å². The van der Waals surface area contributed by atoms with Crippen molar-refractivity contribution < 1.29 is 9.53 Å². The molecule has 6 heteroatoms. The van der Waals surface area contributed by atoms with Gasteiger partial charge in [-0.05, 0) is 45.7 Å². The SMILES string of the molecule is CC(OC(=O)N1CCC(N2CCCCC2)CC1)SS. The number of nitrogens with zero attached hydrogens (tertiary/aromatic N) is 2. The van der Waals surface area contributed by atoms with E-state index in [4.69, 9.17) is 4.74 Å². The summed E-state index contributed by atoms with van der Waals surface area (Å²) in [4.78, 5) is 16.3. The quantitative estimate of drug-likeness (QED) is 0.493. The minimum atomic E-state index is -0.189. The van der Waals surface area contributed by atoms with E-state index in [0.29, 0.717) is 6.04 Å². The third-order valence-electron chi connectivity index (χ3n) is 4.04. The van der Waals surface area contributed by atoms with Crippen molar-refractivity contribution in [2.75, 3.05) is 26.2 Å². The van der Waals surface area contributed by atoms with Crippen molar-refractivity contribution in [2.24, 2.45) is 0 Å². The van der Waals surface area contributed by atoms with E-state index in [2.05, 4.69) is 16.6 Å². The zero-order valence-corrected chi connectivity index (χ0v) is 13.3.